The van der Waals surface area contributed by atoms with Crippen LogP contribution in [0.1, 0.15) is 47.0 Å². The van der Waals surface area contributed by atoms with E-state index in [2.05, 4.69) is 10.0 Å². The lowest BCUT2D eigenvalue weighted by Gasteiger charge is -2.34. The van der Waals surface area contributed by atoms with Crippen molar-refractivity contribution in [3.63, 3.8) is 0 Å². The summed E-state index contributed by atoms with van der Waals surface area (Å²) in [5, 5.41) is 3.50. The van der Waals surface area contributed by atoms with Gasteiger partial charge in [-0.25, -0.2) is 8.42 Å². The van der Waals surface area contributed by atoms with Crippen LogP contribution in [-0.4, -0.2) is 47.0 Å². The predicted molar refractivity (Wildman–Crippen MR) is 140 cm³/mol. The minimum absolute atomic E-state index is 0.0622. The van der Waals surface area contributed by atoms with Gasteiger partial charge in [0.25, 0.3) is 15.9 Å². The lowest BCUT2D eigenvalue weighted by atomic mass is 9.90. The molecule has 0 radical (unpaired) electrons. The molecule has 3 aromatic rings. The molecule has 0 spiro atoms. The quantitative estimate of drug-likeness (QED) is 0.451. The molecule has 1 aliphatic rings. The summed E-state index contributed by atoms with van der Waals surface area (Å²) in [6.07, 6.45) is 0.282. The number of carbonyl (C=O) groups is 1. The van der Waals surface area contributed by atoms with Crippen LogP contribution in [0.25, 0.3) is 0 Å². The van der Waals surface area contributed by atoms with Crippen molar-refractivity contribution in [2.75, 3.05) is 37.9 Å². The summed E-state index contributed by atoms with van der Waals surface area (Å²) in [6, 6.07) is 19.2. The van der Waals surface area contributed by atoms with Gasteiger partial charge < -0.3 is 19.7 Å². The van der Waals surface area contributed by atoms with Crippen LogP contribution in [0.15, 0.2) is 71.6 Å². The van der Waals surface area contributed by atoms with Gasteiger partial charge in [0, 0.05) is 50.0 Å². The Hall–Kier alpha value is -3.56. The van der Waals surface area contributed by atoms with E-state index in [4.69, 9.17) is 9.47 Å². The van der Waals surface area contributed by atoms with Crippen LogP contribution in [0, 0.1) is 0 Å². The Kier molecular flexibility index (Phi) is 7.51. The van der Waals surface area contributed by atoms with Crippen molar-refractivity contribution >= 4 is 27.3 Å². The van der Waals surface area contributed by atoms with Crippen molar-refractivity contribution in [3.8, 4) is 5.75 Å². The van der Waals surface area contributed by atoms with E-state index in [1.165, 1.54) is 7.11 Å². The number of sulfonamides is 1. The Balaban J connectivity index is 1.63. The number of carbonyl (C=O) groups excluding carboxylic acids is 1. The Labute approximate surface area is 212 Å². The number of nitrogens with one attached hydrogen (secondary N) is 2. The zero-order valence-corrected chi connectivity index (χ0v) is 21.6. The fourth-order valence-electron chi connectivity index (χ4n) is 4.32. The summed E-state index contributed by atoms with van der Waals surface area (Å²) in [4.78, 5) is 14.1. The molecule has 0 saturated carbocycles. The van der Waals surface area contributed by atoms with Crippen LogP contribution < -0.4 is 14.8 Å². The van der Waals surface area contributed by atoms with Gasteiger partial charge in [-0.05, 0) is 55.0 Å². The lowest BCUT2D eigenvalue weighted by Crippen LogP contribution is -2.25. The largest absolute Gasteiger partial charge is 0.497 e. The van der Waals surface area contributed by atoms with E-state index in [1.807, 2.05) is 25.1 Å². The van der Waals surface area contributed by atoms with Gasteiger partial charge in [-0.1, -0.05) is 18.2 Å². The first-order chi connectivity index (χ1) is 17.2. The van der Waals surface area contributed by atoms with E-state index in [9.17, 15) is 13.2 Å². The number of hydrogen-bond donors (Lipinski definition) is 2. The van der Waals surface area contributed by atoms with Crippen molar-refractivity contribution in [2.24, 2.45) is 0 Å². The molecule has 36 heavy (non-hydrogen) atoms. The predicted octanol–water partition coefficient (Wildman–Crippen LogP) is 4.83. The normalized spacial score (nSPS) is 17.0. The van der Waals surface area contributed by atoms with Gasteiger partial charge in [-0.3, -0.25) is 9.52 Å². The van der Waals surface area contributed by atoms with Crippen molar-refractivity contribution in [1.82, 2.24) is 4.90 Å². The van der Waals surface area contributed by atoms with Crippen LogP contribution in [0.5, 0.6) is 5.75 Å². The highest BCUT2D eigenvalue weighted by atomic mass is 32.2. The van der Waals surface area contributed by atoms with Crippen molar-refractivity contribution < 1.29 is 22.7 Å². The molecule has 1 unspecified atom stereocenters. The molecule has 2 atom stereocenters. The molecule has 190 valence electrons. The summed E-state index contributed by atoms with van der Waals surface area (Å²) in [6.45, 7) is 2.40. The number of methoxy groups -OCH3 is 1. The minimum atomic E-state index is -3.83. The number of fused-ring (bicyclic) bond motifs is 1. The second kappa shape index (κ2) is 10.6. The molecular weight excluding hydrogens is 478 g/mol. The molecule has 8 nitrogen and oxygen atoms in total. The third-order valence-electron chi connectivity index (χ3n) is 6.09. The number of rotatable bonds is 8. The van der Waals surface area contributed by atoms with Crippen LogP contribution in [-0.2, 0) is 14.8 Å². The second-order valence-corrected chi connectivity index (χ2v) is 10.5. The lowest BCUT2D eigenvalue weighted by molar-refractivity contribution is 0.0497. The number of amides is 1. The van der Waals surface area contributed by atoms with Gasteiger partial charge in [0.2, 0.25) is 0 Å². The molecule has 0 fully saturated rings. The summed E-state index contributed by atoms with van der Waals surface area (Å²) in [7, 11) is 1.15. The van der Waals surface area contributed by atoms with Gasteiger partial charge >= 0.3 is 0 Å². The molecule has 2 N–H and O–H groups in total. The molecule has 9 heteroatoms. The highest BCUT2D eigenvalue weighted by Crippen LogP contribution is 2.42. The van der Waals surface area contributed by atoms with Crippen LogP contribution >= 0.6 is 0 Å². The smallest absolute Gasteiger partial charge is 0.261 e. The molecule has 1 aliphatic heterocycles. The summed E-state index contributed by atoms with van der Waals surface area (Å²) in [5.41, 5.74) is 3.58. The second-order valence-electron chi connectivity index (χ2n) is 8.79. The SMILES string of the molecule is CCO[C@H]1CC(c2cccc(C(=O)N(C)C)c2)Nc2ccc(S(=O)(=O)Nc3cccc(OC)c3)cc21. The van der Waals surface area contributed by atoms with E-state index in [-0.39, 0.29) is 22.9 Å². The first-order valence-electron chi connectivity index (χ1n) is 11.7. The average Bonchev–Trinajstić information content (AvgIpc) is 2.88. The molecular formula is C27H31N3O5S. The maximum absolute atomic E-state index is 13.1. The van der Waals surface area contributed by atoms with E-state index < -0.39 is 10.0 Å². The number of anilines is 2. The van der Waals surface area contributed by atoms with Crippen LogP contribution in [0.2, 0.25) is 0 Å². The van der Waals surface area contributed by atoms with Crippen LogP contribution in [0.4, 0.5) is 11.4 Å². The molecule has 0 saturated heterocycles. The fraction of sp³-hybridized carbons (Fsp3) is 0.296. The topological polar surface area (TPSA) is 97.0 Å². The van der Waals surface area contributed by atoms with Gasteiger partial charge in [0.05, 0.1) is 29.8 Å². The van der Waals surface area contributed by atoms with Crippen molar-refractivity contribution in [2.45, 2.75) is 30.4 Å². The van der Waals surface area contributed by atoms with Crippen LogP contribution in [0.3, 0.4) is 0 Å². The molecule has 1 amide bonds. The standard InChI is InChI=1S/C27H31N3O5S/c1-5-35-26-17-25(18-8-6-9-19(14-18)27(31)30(2)3)28-24-13-12-22(16-23(24)26)36(32,33)29-20-10-7-11-21(15-20)34-4/h6-16,25-26,28-29H,5,17H2,1-4H3/t25?,26-/m0/s1. The Morgan fingerprint density at radius 2 is 1.86 bits per heavy atom. The summed E-state index contributed by atoms with van der Waals surface area (Å²) in [5.74, 6) is 0.497. The highest BCUT2D eigenvalue weighted by molar-refractivity contribution is 7.92. The number of hydrogen-bond acceptors (Lipinski definition) is 6. The van der Waals surface area contributed by atoms with Gasteiger partial charge in [0.15, 0.2) is 0 Å². The molecule has 4 rings (SSSR count). The first kappa shape index (κ1) is 25.5. The van der Waals surface area contributed by atoms with E-state index in [1.54, 1.807) is 67.5 Å². The summed E-state index contributed by atoms with van der Waals surface area (Å²) >= 11 is 0. The monoisotopic (exact) mass is 509 g/mol. The minimum Gasteiger partial charge on any atom is -0.497 e. The maximum Gasteiger partial charge on any atom is 0.261 e. The third kappa shape index (κ3) is 5.47. The Morgan fingerprint density at radius 1 is 1.08 bits per heavy atom. The number of ether oxygens (including phenoxy) is 2. The van der Waals surface area contributed by atoms with Crippen molar-refractivity contribution in [3.05, 3.63) is 83.4 Å². The van der Waals surface area contributed by atoms with E-state index in [0.29, 0.717) is 30.0 Å². The maximum atomic E-state index is 13.1. The Morgan fingerprint density at radius 3 is 2.58 bits per heavy atom. The molecule has 0 aromatic heterocycles. The fourth-order valence-corrected chi connectivity index (χ4v) is 5.40. The van der Waals surface area contributed by atoms with Gasteiger partial charge in [-0.2, -0.15) is 0 Å². The van der Waals surface area contributed by atoms with Gasteiger partial charge in [-0.15, -0.1) is 0 Å². The molecule has 1 heterocycles. The highest BCUT2D eigenvalue weighted by Gasteiger charge is 2.30. The third-order valence-corrected chi connectivity index (χ3v) is 7.47. The summed E-state index contributed by atoms with van der Waals surface area (Å²) < 4.78 is 40.1. The number of nitrogens with zero attached hydrogens (tertiary/aromatic N) is 1. The molecule has 3 aromatic carbocycles. The molecule has 0 bridgehead atoms. The van der Waals surface area contributed by atoms with E-state index >= 15 is 0 Å². The number of benzene rings is 3. The Bertz CT molecular complexity index is 1360. The average molecular weight is 510 g/mol. The molecule has 0 aliphatic carbocycles. The van der Waals surface area contributed by atoms with Crippen molar-refractivity contribution in [1.29, 1.82) is 0 Å². The zero-order valence-electron chi connectivity index (χ0n) is 20.8. The first-order valence-corrected chi connectivity index (χ1v) is 13.2. The van der Waals surface area contributed by atoms with E-state index in [0.717, 1.165) is 16.8 Å². The zero-order chi connectivity index (χ0) is 25.9. The van der Waals surface area contributed by atoms with Gasteiger partial charge in [0.1, 0.15) is 5.75 Å².